The first-order valence-electron chi connectivity index (χ1n) is 8.21. The normalized spacial score (nSPS) is 12.4. The van der Waals surface area contributed by atoms with E-state index in [1.807, 2.05) is 54.2 Å². The van der Waals surface area contributed by atoms with Crippen molar-refractivity contribution in [3.63, 3.8) is 0 Å². The summed E-state index contributed by atoms with van der Waals surface area (Å²) in [4.78, 5) is 0. The van der Waals surface area contributed by atoms with Gasteiger partial charge in [0.1, 0.15) is 0 Å². The molecular weight excluding hydrogens is 388 g/mol. The van der Waals surface area contributed by atoms with E-state index in [1.54, 1.807) is 6.08 Å². The van der Waals surface area contributed by atoms with Crippen molar-refractivity contribution in [2.75, 3.05) is 0 Å². The van der Waals surface area contributed by atoms with E-state index in [-0.39, 0.29) is 0 Å². The molecule has 4 nitrogen and oxygen atoms in total. The minimum Gasteiger partial charge on any atom is -0.404 e. The highest BCUT2D eigenvalue weighted by Gasteiger charge is 2.12. The SMILES string of the molecule is C=C/C=C\C(=C/C)n1cc(CNC(=C)/C(Br)=C/N)c(-c2ccccc2)n1. The van der Waals surface area contributed by atoms with E-state index >= 15 is 0 Å². The van der Waals surface area contributed by atoms with E-state index in [0.717, 1.165) is 32.7 Å². The van der Waals surface area contributed by atoms with Crippen molar-refractivity contribution in [1.29, 1.82) is 0 Å². The van der Waals surface area contributed by atoms with E-state index < -0.39 is 0 Å². The zero-order valence-electron chi connectivity index (χ0n) is 14.8. The second kappa shape index (κ2) is 9.63. The Hall–Kier alpha value is -2.79. The highest BCUT2D eigenvalue weighted by molar-refractivity contribution is 9.11. The molecule has 0 saturated carbocycles. The van der Waals surface area contributed by atoms with Crippen molar-refractivity contribution in [3.8, 4) is 11.3 Å². The Bertz CT molecular complexity index is 857. The fraction of sp³-hybridized carbons (Fsp3) is 0.0952. The maximum Gasteiger partial charge on any atom is 0.0977 e. The molecule has 3 N–H and O–H groups in total. The van der Waals surface area contributed by atoms with Gasteiger partial charge in [0.25, 0.3) is 0 Å². The Morgan fingerprint density at radius 2 is 2.08 bits per heavy atom. The van der Waals surface area contributed by atoms with Crippen LogP contribution in [0.4, 0.5) is 0 Å². The summed E-state index contributed by atoms with van der Waals surface area (Å²) >= 11 is 3.37. The fourth-order valence-corrected chi connectivity index (χ4v) is 2.51. The highest BCUT2D eigenvalue weighted by atomic mass is 79.9. The summed E-state index contributed by atoms with van der Waals surface area (Å²) in [6, 6.07) is 10.1. The number of hydrogen-bond acceptors (Lipinski definition) is 3. The predicted molar refractivity (Wildman–Crippen MR) is 114 cm³/mol. The quantitative estimate of drug-likeness (QED) is 0.605. The van der Waals surface area contributed by atoms with Gasteiger partial charge in [-0.05, 0) is 28.9 Å². The molecule has 0 aliphatic carbocycles. The monoisotopic (exact) mass is 410 g/mol. The minimum absolute atomic E-state index is 0.578. The zero-order chi connectivity index (χ0) is 18.9. The lowest BCUT2D eigenvalue weighted by molar-refractivity contribution is 0.834. The van der Waals surface area contributed by atoms with Crippen molar-refractivity contribution in [2.45, 2.75) is 13.5 Å². The van der Waals surface area contributed by atoms with Gasteiger partial charge in [0.2, 0.25) is 0 Å². The molecule has 5 heteroatoms. The van der Waals surface area contributed by atoms with E-state index in [2.05, 4.69) is 46.5 Å². The number of hydrogen-bond donors (Lipinski definition) is 2. The topological polar surface area (TPSA) is 55.9 Å². The van der Waals surface area contributed by atoms with Crippen LogP contribution in [0.2, 0.25) is 0 Å². The molecule has 0 unspecified atom stereocenters. The summed E-state index contributed by atoms with van der Waals surface area (Å²) in [5.74, 6) is 0. The van der Waals surface area contributed by atoms with Crippen LogP contribution in [0, 0.1) is 0 Å². The molecule has 1 heterocycles. The van der Waals surface area contributed by atoms with Gasteiger partial charge in [-0.1, -0.05) is 61.7 Å². The van der Waals surface area contributed by atoms with E-state index in [4.69, 9.17) is 10.8 Å². The van der Waals surface area contributed by atoms with Crippen molar-refractivity contribution < 1.29 is 0 Å². The summed E-state index contributed by atoms with van der Waals surface area (Å²) in [6.45, 7) is 10.3. The van der Waals surface area contributed by atoms with Crippen molar-refractivity contribution in [2.24, 2.45) is 5.73 Å². The van der Waals surface area contributed by atoms with Gasteiger partial charge in [0, 0.05) is 35.8 Å². The van der Waals surface area contributed by atoms with Crippen molar-refractivity contribution in [1.82, 2.24) is 15.1 Å². The third kappa shape index (κ3) is 4.86. The van der Waals surface area contributed by atoms with Crippen LogP contribution in [0.15, 0.2) is 90.4 Å². The van der Waals surface area contributed by atoms with Crippen LogP contribution >= 0.6 is 15.9 Å². The maximum atomic E-state index is 5.52. The standard InChI is InChI=1S/C21H23BrN4/c1-4-6-12-19(5-2)26-15-18(14-24-16(3)20(22)13-23)21(25-26)17-10-8-7-9-11-17/h4-13,15,24H,1,3,14,23H2,2H3/b12-6-,19-5+,20-13-. The molecule has 0 spiro atoms. The number of nitrogens with one attached hydrogen (secondary N) is 1. The first kappa shape index (κ1) is 19.5. The van der Waals surface area contributed by atoms with Gasteiger partial charge in [-0.25, -0.2) is 4.68 Å². The maximum absolute atomic E-state index is 5.52. The highest BCUT2D eigenvalue weighted by Crippen LogP contribution is 2.24. The summed E-state index contributed by atoms with van der Waals surface area (Å²) in [5.41, 5.74) is 10.2. The molecule has 0 aliphatic rings. The van der Waals surface area contributed by atoms with Crippen LogP contribution in [-0.2, 0) is 6.54 Å². The van der Waals surface area contributed by atoms with E-state index in [1.165, 1.54) is 6.20 Å². The fourth-order valence-electron chi connectivity index (χ4n) is 2.37. The van der Waals surface area contributed by atoms with Gasteiger partial charge >= 0.3 is 0 Å². The number of rotatable bonds is 8. The molecule has 2 aromatic rings. The summed E-state index contributed by atoms with van der Waals surface area (Å²) in [7, 11) is 0. The Balaban J connectivity index is 2.39. The number of halogens is 1. The number of nitrogens with zero attached hydrogens (tertiary/aromatic N) is 2. The predicted octanol–water partition coefficient (Wildman–Crippen LogP) is 4.95. The molecule has 0 radical (unpaired) electrons. The molecule has 26 heavy (non-hydrogen) atoms. The number of allylic oxidation sites excluding steroid dienone is 6. The molecule has 0 fully saturated rings. The van der Waals surface area contributed by atoms with Crippen LogP contribution in [0.5, 0.6) is 0 Å². The molecule has 1 aromatic carbocycles. The Morgan fingerprint density at radius 1 is 1.35 bits per heavy atom. The van der Waals surface area contributed by atoms with Crippen molar-refractivity contribution in [3.05, 3.63) is 95.9 Å². The van der Waals surface area contributed by atoms with Gasteiger partial charge < -0.3 is 11.1 Å². The Labute approximate surface area is 163 Å². The van der Waals surface area contributed by atoms with Crippen LogP contribution in [0.25, 0.3) is 17.0 Å². The van der Waals surface area contributed by atoms with Crippen LogP contribution < -0.4 is 11.1 Å². The van der Waals surface area contributed by atoms with Gasteiger partial charge in [0.05, 0.1) is 15.9 Å². The van der Waals surface area contributed by atoms with Gasteiger partial charge in [-0.3, -0.25) is 0 Å². The zero-order valence-corrected chi connectivity index (χ0v) is 16.4. The average molecular weight is 411 g/mol. The van der Waals surface area contributed by atoms with E-state index in [0.29, 0.717) is 6.54 Å². The molecule has 0 aliphatic heterocycles. The largest absolute Gasteiger partial charge is 0.404 e. The van der Waals surface area contributed by atoms with Gasteiger partial charge in [-0.15, -0.1) is 0 Å². The average Bonchev–Trinajstić information content (AvgIpc) is 3.10. The molecule has 0 saturated heterocycles. The minimum atomic E-state index is 0.578. The number of benzene rings is 1. The second-order valence-electron chi connectivity index (χ2n) is 5.47. The Kier molecular flexibility index (Phi) is 7.24. The lowest BCUT2D eigenvalue weighted by Crippen LogP contribution is -2.12. The molecule has 1 aromatic heterocycles. The number of aromatic nitrogens is 2. The third-order valence-electron chi connectivity index (χ3n) is 3.73. The first-order valence-corrected chi connectivity index (χ1v) is 9.00. The first-order chi connectivity index (χ1) is 12.6. The van der Waals surface area contributed by atoms with Gasteiger partial charge in [0.15, 0.2) is 0 Å². The Morgan fingerprint density at radius 3 is 2.69 bits per heavy atom. The van der Waals surface area contributed by atoms with Crippen molar-refractivity contribution >= 4 is 21.6 Å². The smallest absolute Gasteiger partial charge is 0.0977 e. The third-order valence-corrected chi connectivity index (χ3v) is 4.47. The summed E-state index contributed by atoms with van der Waals surface area (Å²) < 4.78 is 2.60. The second-order valence-corrected chi connectivity index (χ2v) is 6.32. The van der Waals surface area contributed by atoms with Crippen LogP contribution in [-0.4, -0.2) is 9.78 Å². The van der Waals surface area contributed by atoms with E-state index in [9.17, 15) is 0 Å². The summed E-state index contributed by atoms with van der Waals surface area (Å²) in [6.07, 6.45) is 11.1. The lowest BCUT2D eigenvalue weighted by atomic mass is 10.1. The lowest BCUT2D eigenvalue weighted by Gasteiger charge is -2.08. The summed E-state index contributed by atoms with van der Waals surface area (Å²) in [5, 5.41) is 8.07. The van der Waals surface area contributed by atoms with Gasteiger partial charge in [-0.2, -0.15) is 5.10 Å². The molecule has 0 bridgehead atoms. The number of nitrogens with two attached hydrogens (primary N) is 1. The van der Waals surface area contributed by atoms with Crippen LogP contribution in [0.3, 0.4) is 0 Å². The molecule has 2 rings (SSSR count). The molecule has 0 amide bonds. The molecular formula is C21H23BrN4. The molecule has 0 atom stereocenters. The molecule has 134 valence electrons. The van der Waals surface area contributed by atoms with Crippen LogP contribution in [0.1, 0.15) is 12.5 Å².